The van der Waals surface area contributed by atoms with Crippen molar-refractivity contribution in [2.24, 2.45) is 0 Å². The molecule has 0 amide bonds. The van der Waals surface area contributed by atoms with Crippen molar-refractivity contribution in [2.75, 3.05) is 0 Å². The van der Waals surface area contributed by atoms with E-state index >= 15 is 0 Å². The van der Waals surface area contributed by atoms with Gasteiger partial charge in [-0.05, 0) is 18.2 Å². The molecule has 0 radical (unpaired) electrons. The molecular formula is C14H9O2-. The molecule has 0 heterocycles. The van der Waals surface area contributed by atoms with Gasteiger partial charge >= 0.3 is 0 Å². The third kappa shape index (κ3) is 2.19. The smallest absolute Gasteiger partial charge is 0.185 e. The van der Waals surface area contributed by atoms with E-state index in [1.54, 1.807) is 42.5 Å². The predicted octanol–water partition coefficient (Wildman–Crippen LogP) is 1.76. The van der Waals surface area contributed by atoms with Crippen LogP contribution < -0.4 is 5.11 Å². The molecule has 1 aliphatic carbocycles. The Labute approximate surface area is 93.5 Å². The Morgan fingerprint density at radius 3 is 2.62 bits per heavy atom. The first-order valence-corrected chi connectivity index (χ1v) is 4.89. The molecule has 0 unspecified atom stereocenters. The molecule has 1 aliphatic rings. The molecule has 2 nitrogen and oxygen atoms in total. The minimum atomic E-state index is -0.307. The first-order chi connectivity index (χ1) is 7.77. The van der Waals surface area contributed by atoms with E-state index in [-0.39, 0.29) is 11.5 Å². The van der Waals surface area contributed by atoms with Crippen LogP contribution in [0.1, 0.15) is 10.4 Å². The molecule has 0 saturated carbocycles. The minimum absolute atomic E-state index is 0.278. The zero-order valence-corrected chi connectivity index (χ0v) is 8.51. The van der Waals surface area contributed by atoms with Crippen LogP contribution in [0.25, 0.3) is 0 Å². The van der Waals surface area contributed by atoms with E-state index in [1.165, 1.54) is 0 Å². The molecule has 16 heavy (non-hydrogen) atoms. The number of hydrogen-bond acceptors (Lipinski definition) is 2. The van der Waals surface area contributed by atoms with Gasteiger partial charge in [-0.15, -0.1) is 5.73 Å². The van der Waals surface area contributed by atoms with Crippen molar-refractivity contribution in [3.63, 3.8) is 0 Å². The predicted molar refractivity (Wildman–Crippen MR) is 59.6 cm³/mol. The second-order valence-electron chi connectivity index (χ2n) is 3.32. The SMILES string of the molecule is O=C(/C=C(\[O-])C1=C=CC=C1)c1ccccc1. The zero-order chi connectivity index (χ0) is 11.4. The molecular weight excluding hydrogens is 200 g/mol. The lowest BCUT2D eigenvalue weighted by molar-refractivity contribution is -0.296. The van der Waals surface area contributed by atoms with Crippen LogP contribution in [-0.2, 0) is 0 Å². The van der Waals surface area contributed by atoms with Crippen LogP contribution >= 0.6 is 0 Å². The number of ketones is 1. The van der Waals surface area contributed by atoms with Crippen LogP contribution in [0.2, 0.25) is 0 Å². The summed E-state index contributed by atoms with van der Waals surface area (Å²) in [6.45, 7) is 0. The van der Waals surface area contributed by atoms with E-state index < -0.39 is 0 Å². The Morgan fingerprint density at radius 1 is 1.25 bits per heavy atom. The topological polar surface area (TPSA) is 40.1 Å². The molecule has 2 heteroatoms. The summed E-state index contributed by atoms with van der Waals surface area (Å²) in [5, 5.41) is 11.6. The molecule has 0 aromatic heterocycles. The van der Waals surface area contributed by atoms with Gasteiger partial charge in [-0.2, -0.15) is 0 Å². The Kier molecular flexibility index (Phi) is 2.86. The molecule has 0 N–H and O–H groups in total. The summed E-state index contributed by atoms with van der Waals surface area (Å²) in [5.41, 5.74) is 3.70. The van der Waals surface area contributed by atoms with E-state index in [1.807, 2.05) is 6.07 Å². The molecule has 1 aromatic carbocycles. The van der Waals surface area contributed by atoms with Crippen LogP contribution in [0, 0.1) is 0 Å². The number of benzene rings is 1. The van der Waals surface area contributed by atoms with Crippen LogP contribution in [0.4, 0.5) is 0 Å². The largest absolute Gasteiger partial charge is 0.872 e. The van der Waals surface area contributed by atoms with Gasteiger partial charge in [0.15, 0.2) is 5.78 Å². The molecule has 0 fully saturated rings. The van der Waals surface area contributed by atoms with Gasteiger partial charge in [0.05, 0.1) is 0 Å². The fraction of sp³-hybridized carbons (Fsp3) is 0. The lowest BCUT2D eigenvalue weighted by atomic mass is 10.1. The normalized spacial score (nSPS) is 14.0. The summed E-state index contributed by atoms with van der Waals surface area (Å²) in [4.78, 5) is 11.7. The van der Waals surface area contributed by atoms with E-state index in [4.69, 9.17) is 0 Å². The van der Waals surface area contributed by atoms with Gasteiger partial charge < -0.3 is 5.11 Å². The van der Waals surface area contributed by atoms with Crippen molar-refractivity contribution >= 4 is 5.78 Å². The van der Waals surface area contributed by atoms with Crippen molar-refractivity contribution in [3.05, 3.63) is 77.3 Å². The number of hydrogen-bond donors (Lipinski definition) is 0. The summed E-state index contributed by atoms with van der Waals surface area (Å²) < 4.78 is 0. The number of carbonyl (C=O) groups is 1. The summed E-state index contributed by atoms with van der Waals surface area (Å²) in [6, 6.07) is 8.71. The second-order valence-corrected chi connectivity index (χ2v) is 3.32. The van der Waals surface area contributed by atoms with Crippen molar-refractivity contribution in [2.45, 2.75) is 0 Å². The van der Waals surface area contributed by atoms with Gasteiger partial charge in [0.25, 0.3) is 0 Å². The summed E-state index contributed by atoms with van der Waals surface area (Å²) >= 11 is 0. The minimum Gasteiger partial charge on any atom is -0.872 e. The fourth-order valence-corrected chi connectivity index (χ4v) is 1.37. The maximum absolute atomic E-state index is 11.7. The Balaban J connectivity index is 2.22. The number of rotatable bonds is 3. The number of carbonyl (C=O) groups excluding carboxylic acids is 1. The van der Waals surface area contributed by atoms with E-state index in [2.05, 4.69) is 5.73 Å². The van der Waals surface area contributed by atoms with Gasteiger partial charge in [0.2, 0.25) is 0 Å². The Morgan fingerprint density at radius 2 is 2.00 bits per heavy atom. The fourth-order valence-electron chi connectivity index (χ4n) is 1.37. The molecule has 78 valence electrons. The van der Waals surface area contributed by atoms with Crippen LogP contribution in [0.5, 0.6) is 0 Å². The number of allylic oxidation sites excluding steroid dienone is 3. The van der Waals surface area contributed by atoms with Gasteiger partial charge in [0.1, 0.15) is 0 Å². The van der Waals surface area contributed by atoms with Gasteiger partial charge in [0, 0.05) is 11.1 Å². The average molecular weight is 209 g/mol. The summed E-state index contributed by atoms with van der Waals surface area (Å²) in [5.74, 6) is -0.584. The van der Waals surface area contributed by atoms with E-state index in [9.17, 15) is 9.90 Å². The quantitative estimate of drug-likeness (QED) is 0.329. The van der Waals surface area contributed by atoms with Crippen molar-refractivity contribution in [3.8, 4) is 0 Å². The maximum Gasteiger partial charge on any atom is 0.185 e. The monoisotopic (exact) mass is 209 g/mol. The van der Waals surface area contributed by atoms with Crippen molar-refractivity contribution in [1.82, 2.24) is 0 Å². The molecule has 0 atom stereocenters. The van der Waals surface area contributed by atoms with E-state index in [0.29, 0.717) is 11.1 Å². The first-order valence-electron chi connectivity index (χ1n) is 4.89. The lowest BCUT2D eigenvalue weighted by Gasteiger charge is -2.09. The van der Waals surface area contributed by atoms with Gasteiger partial charge in [-0.1, -0.05) is 42.2 Å². The molecule has 0 aliphatic heterocycles. The standard InChI is InChI=1S/C14H10O2/c15-13(11-6-2-1-3-7-11)10-14(16)12-8-4-5-9-12/h1-8,10,16H/p-1/b14-10-. The van der Waals surface area contributed by atoms with Crippen LogP contribution in [0.3, 0.4) is 0 Å². The Bertz CT molecular complexity index is 527. The van der Waals surface area contributed by atoms with Crippen molar-refractivity contribution in [1.29, 1.82) is 0 Å². The molecule has 0 bridgehead atoms. The zero-order valence-electron chi connectivity index (χ0n) is 8.51. The van der Waals surface area contributed by atoms with E-state index in [0.717, 1.165) is 6.08 Å². The van der Waals surface area contributed by atoms with Crippen LogP contribution in [-0.4, -0.2) is 5.78 Å². The average Bonchev–Trinajstić information content (AvgIpc) is 2.83. The first kappa shape index (κ1) is 10.2. The molecule has 1 aromatic rings. The van der Waals surface area contributed by atoms with Gasteiger partial charge in [-0.3, -0.25) is 4.79 Å². The van der Waals surface area contributed by atoms with Gasteiger partial charge in [-0.25, -0.2) is 0 Å². The molecule has 0 saturated heterocycles. The lowest BCUT2D eigenvalue weighted by Crippen LogP contribution is -2.08. The molecule has 2 rings (SSSR count). The summed E-state index contributed by atoms with van der Waals surface area (Å²) in [7, 11) is 0. The van der Waals surface area contributed by atoms with Crippen molar-refractivity contribution < 1.29 is 9.90 Å². The highest BCUT2D eigenvalue weighted by molar-refractivity contribution is 6.05. The highest BCUT2D eigenvalue weighted by Crippen LogP contribution is 2.10. The second kappa shape index (κ2) is 4.47. The Hall–Kier alpha value is -2.31. The third-order valence-corrected chi connectivity index (χ3v) is 2.18. The third-order valence-electron chi connectivity index (χ3n) is 2.18. The maximum atomic E-state index is 11.7. The van der Waals surface area contributed by atoms with Crippen LogP contribution in [0.15, 0.2) is 71.7 Å². The summed E-state index contributed by atoms with van der Waals surface area (Å²) in [6.07, 6.45) is 6.10. The highest BCUT2D eigenvalue weighted by Gasteiger charge is 2.01. The molecule has 0 spiro atoms. The highest BCUT2D eigenvalue weighted by atomic mass is 16.3.